The van der Waals surface area contributed by atoms with Crippen LogP contribution in [-0.4, -0.2) is 20.0 Å². The van der Waals surface area contributed by atoms with E-state index in [2.05, 4.69) is 4.98 Å². The van der Waals surface area contributed by atoms with Crippen molar-refractivity contribution in [2.45, 2.75) is 25.2 Å². The van der Waals surface area contributed by atoms with Crippen LogP contribution in [0.4, 0.5) is 0 Å². The normalized spacial score (nSPS) is 11.6. The molecule has 0 aliphatic heterocycles. The molecule has 0 saturated carbocycles. The van der Waals surface area contributed by atoms with Crippen LogP contribution in [-0.2, 0) is 16.4 Å². The number of rotatable bonds is 5. The Morgan fingerprint density at radius 1 is 1.35 bits per heavy atom. The van der Waals surface area contributed by atoms with E-state index in [1.165, 1.54) is 6.07 Å². The highest BCUT2D eigenvalue weighted by molar-refractivity contribution is 7.89. The molecule has 0 atom stereocenters. The van der Waals surface area contributed by atoms with E-state index in [-0.39, 0.29) is 4.90 Å². The van der Waals surface area contributed by atoms with Crippen LogP contribution in [0.15, 0.2) is 28.6 Å². The molecule has 1 aromatic carbocycles. The van der Waals surface area contributed by atoms with E-state index in [0.717, 1.165) is 16.1 Å². The topological polar surface area (TPSA) is 82.3 Å². The molecule has 2 aromatic rings. The van der Waals surface area contributed by atoms with Crippen molar-refractivity contribution in [2.24, 2.45) is 5.14 Å². The van der Waals surface area contributed by atoms with Gasteiger partial charge in [0.1, 0.15) is 10.6 Å². The second-order valence-electron chi connectivity index (χ2n) is 4.45. The summed E-state index contributed by atoms with van der Waals surface area (Å²) in [5, 5.41) is 5.20. The number of hydrogen-bond acceptors (Lipinski definition) is 5. The second-order valence-corrected chi connectivity index (χ2v) is 6.92. The third-order valence-electron chi connectivity index (χ3n) is 2.84. The summed E-state index contributed by atoms with van der Waals surface area (Å²) in [5.74, 6) is 0.292. The molecular formula is C13H16N2O3S2. The first-order chi connectivity index (χ1) is 9.38. The number of thiazole rings is 1. The van der Waals surface area contributed by atoms with E-state index in [4.69, 9.17) is 9.88 Å². The van der Waals surface area contributed by atoms with E-state index >= 15 is 0 Å². The Morgan fingerprint density at radius 3 is 2.70 bits per heavy atom. The summed E-state index contributed by atoms with van der Waals surface area (Å²) in [6.07, 6.45) is 0.689. The van der Waals surface area contributed by atoms with Gasteiger partial charge in [-0.25, -0.2) is 18.5 Å². The van der Waals surface area contributed by atoms with Crippen LogP contribution in [0.5, 0.6) is 5.75 Å². The third kappa shape index (κ3) is 3.56. The molecule has 0 aliphatic rings. The fraction of sp³-hybridized carbons (Fsp3) is 0.308. The lowest BCUT2D eigenvalue weighted by Crippen LogP contribution is -2.14. The first kappa shape index (κ1) is 15.0. The van der Waals surface area contributed by atoms with Crippen molar-refractivity contribution >= 4 is 21.4 Å². The number of sulfonamides is 1. The Hall–Kier alpha value is -1.44. The molecule has 20 heavy (non-hydrogen) atoms. The van der Waals surface area contributed by atoms with Gasteiger partial charge in [-0.05, 0) is 31.5 Å². The summed E-state index contributed by atoms with van der Waals surface area (Å²) >= 11 is 1.56. The zero-order chi connectivity index (χ0) is 14.8. The van der Waals surface area contributed by atoms with Gasteiger partial charge in [0, 0.05) is 11.3 Å². The molecule has 0 amide bonds. The number of nitrogens with zero attached hydrogens (tertiary/aromatic N) is 1. The predicted octanol–water partition coefficient (Wildman–Crippen LogP) is 2.03. The molecule has 0 saturated heterocycles. The van der Waals surface area contributed by atoms with Gasteiger partial charge >= 0.3 is 0 Å². The highest BCUT2D eigenvalue weighted by Gasteiger charge is 2.15. The zero-order valence-electron chi connectivity index (χ0n) is 11.3. The maximum absolute atomic E-state index is 11.5. The summed E-state index contributed by atoms with van der Waals surface area (Å²) in [6, 6.07) is 4.94. The molecule has 5 nitrogen and oxygen atoms in total. The summed E-state index contributed by atoms with van der Waals surface area (Å²) < 4.78 is 28.7. The Morgan fingerprint density at radius 2 is 2.10 bits per heavy atom. The fourth-order valence-corrected chi connectivity index (χ4v) is 3.30. The molecule has 1 heterocycles. The molecule has 0 aliphatic carbocycles. The number of nitrogens with two attached hydrogens (primary N) is 1. The van der Waals surface area contributed by atoms with Gasteiger partial charge in [0.15, 0.2) is 0 Å². The number of aromatic nitrogens is 1. The van der Waals surface area contributed by atoms with Crippen LogP contribution < -0.4 is 9.88 Å². The minimum Gasteiger partial charge on any atom is -0.492 e. The van der Waals surface area contributed by atoms with Crippen molar-refractivity contribution in [3.63, 3.8) is 0 Å². The van der Waals surface area contributed by atoms with Crippen molar-refractivity contribution in [1.29, 1.82) is 0 Å². The molecule has 108 valence electrons. The Bertz CT molecular complexity index is 708. The molecule has 2 rings (SSSR count). The minimum atomic E-state index is -3.78. The van der Waals surface area contributed by atoms with Gasteiger partial charge in [0.2, 0.25) is 10.0 Å². The second kappa shape index (κ2) is 5.90. The number of aryl methyl sites for hydroxylation is 2. The monoisotopic (exact) mass is 312 g/mol. The highest BCUT2D eigenvalue weighted by Crippen LogP contribution is 2.24. The third-order valence-corrected chi connectivity index (χ3v) is 4.76. The smallest absolute Gasteiger partial charge is 0.241 e. The maximum atomic E-state index is 11.5. The van der Waals surface area contributed by atoms with Gasteiger partial charge in [0.05, 0.1) is 17.8 Å². The lowest BCUT2D eigenvalue weighted by Gasteiger charge is -2.10. The zero-order valence-corrected chi connectivity index (χ0v) is 12.9. The molecule has 0 fully saturated rings. The van der Waals surface area contributed by atoms with Gasteiger partial charge in [-0.3, -0.25) is 0 Å². The quantitative estimate of drug-likeness (QED) is 0.915. The van der Waals surface area contributed by atoms with Crippen molar-refractivity contribution in [3.8, 4) is 5.75 Å². The van der Waals surface area contributed by atoms with Crippen LogP contribution in [0.3, 0.4) is 0 Å². The van der Waals surface area contributed by atoms with Crippen molar-refractivity contribution in [2.75, 3.05) is 6.61 Å². The molecule has 7 heteroatoms. The predicted molar refractivity (Wildman–Crippen MR) is 78.6 cm³/mol. The maximum Gasteiger partial charge on any atom is 0.241 e. The highest BCUT2D eigenvalue weighted by atomic mass is 32.2. The molecule has 0 unspecified atom stereocenters. The van der Waals surface area contributed by atoms with Crippen LogP contribution in [0.1, 0.15) is 16.1 Å². The van der Waals surface area contributed by atoms with Gasteiger partial charge in [-0.2, -0.15) is 0 Å². The molecule has 2 N–H and O–H groups in total. The van der Waals surface area contributed by atoms with Gasteiger partial charge < -0.3 is 4.74 Å². The molecule has 0 bridgehead atoms. The van der Waals surface area contributed by atoms with Crippen molar-refractivity contribution in [1.82, 2.24) is 4.98 Å². The summed E-state index contributed by atoms with van der Waals surface area (Å²) in [4.78, 5) is 5.32. The van der Waals surface area contributed by atoms with Crippen LogP contribution in [0.2, 0.25) is 0 Å². The van der Waals surface area contributed by atoms with E-state index in [0.29, 0.717) is 18.8 Å². The lowest BCUT2D eigenvalue weighted by atomic mass is 10.2. The Kier molecular flexibility index (Phi) is 4.42. The molecular weight excluding hydrogens is 296 g/mol. The standard InChI is InChI=1S/C13H16N2O3S2/c1-9-3-4-11(13(7-9)20(14,16)17)18-6-5-12-10(2)15-8-19-12/h3-4,7-8H,5-6H2,1-2H3,(H2,14,16,17). The van der Waals surface area contributed by atoms with Crippen LogP contribution in [0.25, 0.3) is 0 Å². The van der Waals surface area contributed by atoms with Gasteiger partial charge in [-0.15, -0.1) is 11.3 Å². The molecule has 0 radical (unpaired) electrons. The van der Waals surface area contributed by atoms with E-state index < -0.39 is 10.0 Å². The fourth-order valence-electron chi connectivity index (χ4n) is 1.78. The summed E-state index contributed by atoms with van der Waals surface area (Å²) in [5.41, 5.74) is 3.58. The minimum absolute atomic E-state index is 0.0264. The lowest BCUT2D eigenvalue weighted by molar-refractivity contribution is 0.314. The number of ether oxygens (including phenoxy) is 1. The van der Waals surface area contributed by atoms with Gasteiger partial charge in [-0.1, -0.05) is 6.07 Å². The van der Waals surface area contributed by atoms with Gasteiger partial charge in [0.25, 0.3) is 0 Å². The summed E-state index contributed by atoms with van der Waals surface area (Å²) in [6.45, 7) is 4.13. The SMILES string of the molecule is Cc1ccc(OCCc2scnc2C)c(S(N)(=O)=O)c1. The van der Waals surface area contributed by atoms with Crippen molar-refractivity contribution < 1.29 is 13.2 Å². The van der Waals surface area contributed by atoms with E-state index in [1.807, 2.05) is 6.92 Å². The number of hydrogen-bond donors (Lipinski definition) is 1. The average molecular weight is 312 g/mol. The Balaban J connectivity index is 2.12. The first-order valence-electron chi connectivity index (χ1n) is 6.03. The van der Waals surface area contributed by atoms with Crippen molar-refractivity contribution in [3.05, 3.63) is 39.8 Å². The molecule has 0 spiro atoms. The van der Waals surface area contributed by atoms with Crippen LogP contribution in [0, 0.1) is 13.8 Å². The largest absolute Gasteiger partial charge is 0.492 e. The number of primary sulfonamides is 1. The number of benzene rings is 1. The Labute approximate surface area is 122 Å². The first-order valence-corrected chi connectivity index (χ1v) is 8.46. The molecule has 1 aromatic heterocycles. The average Bonchev–Trinajstić information content (AvgIpc) is 2.76. The van der Waals surface area contributed by atoms with E-state index in [1.54, 1.807) is 35.9 Å². The summed E-state index contributed by atoms with van der Waals surface area (Å²) in [7, 11) is -3.78. The van der Waals surface area contributed by atoms with E-state index in [9.17, 15) is 8.42 Å². The van der Waals surface area contributed by atoms with Crippen LogP contribution >= 0.6 is 11.3 Å².